The second kappa shape index (κ2) is 6.66. The molecule has 0 fully saturated rings. The van der Waals surface area contributed by atoms with Gasteiger partial charge in [-0.25, -0.2) is 0 Å². The Kier molecular flexibility index (Phi) is 4.26. The monoisotopic (exact) mass is 395 g/mol. The fourth-order valence-electron chi connectivity index (χ4n) is 3.26. The minimum Gasteiger partial charge on any atom is -0.507 e. The quantitative estimate of drug-likeness (QED) is 0.192. The third-order valence-electron chi connectivity index (χ3n) is 4.68. The van der Waals surface area contributed by atoms with Gasteiger partial charge >= 0.3 is 0 Å². The second-order valence-electron chi connectivity index (χ2n) is 6.45. The fourth-order valence-corrected chi connectivity index (χ4v) is 3.26. The molecule has 0 aliphatic heterocycles. The Morgan fingerprint density at radius 2 is 1.52 bits per heavy atom. The number of fused-ring (bicyclic) bond motifs is 2. The maximum Gasteiger partial charge on any atom is 0.211 e. The van der Waals surface area contributed by atoms with Crippen molar-refractivity contribution in [3.8, 4) is 22.6 Å². The Balaban J connectivity index is 2.10. The van der Waals surface area contributed by atoms with E-state index in [0.29, 0.717) is 10.8 Å². The van der Waals surface area contributed by atoms with Crippen LogP contribution in [0.5, 0.6) is 11.5 Å². The van der Waals surface area contributed by atoms with Crippen molar-refractivity contribution in [2.45, 2.75) is 0 Å². The van der Waals surface area contributed by atoms with Gasteiger partial charge in [-0.3, -0.25) is 9.59 Å². The summed E-state index contributed by atoms with van der Waals surface area (Å²) < 4.78 is 11.2. The first-order valence-electron chi connectivity index (χ1n) is 8.63. The van der Waals surface area contributed by atoms with Gasteiger partial charge in [-0.05, 0) is 24.3 Å². The zero-order valence-corrected chi connectivity index (χ0v) is 15.1. The number of phenols is 2. The van der Waals surface area contributed by atoms with Crippen molar-refractivity contribution >= 4 is 39.2 Å². The summed E-state index contributed by atoms with van der Waals surface area (Å²) in [6.45, 7) is -0.508. The summed E-state index contributed by atoms with van der Waals surface area (Å²) in [5.74, 6) is -1.37. The van der Waals surface area contributed by atoms with Gasteiger partial charge < -0.3 is 36.2 Å². The summed E-state index contributed by atoms with van der Waals surface area (Å²) in [5, 5.41) is 21.7. The van der Waals surface area contributed by atoms with E-state index in [2.05, 4.69) is 0 Å². The van der Waals surface area contributed by atoms with Crippen LogP contribution in [0.15, 0.2) is 39.2 Å². The van der Waals surface area contributed by atoms with Crippen LogP contribution in [0.25, 0.3) is 33.1 Å². The lowest BCUT2D eigenvalue weighted by molar-refractivity contribution is 0.0970. The number of aromatic hydroxyl groups is 2. The van der Waals surface area contributed by atoms with Crippen LogP contribution in [0.1, 0.15) is 21.1 Å². The summed E-state index contributed by atoms with van der Waals surface area (Å²) in [4.78, 5) is 23.9. The molecule has 0 aliphatic carbocycles. The van der Waals surface area contributed by atoms with E-state index < -0.39 is 11.6 Å². The molecule has 9 nitrogen and oxygen atoms in total. The molecule has 0 spiro atoms. The fraction of sp³-hybridized carbons (Fsp3) is 0.100. The average Bonchev–Trinajstić information content (AvgIpc) is 3.33. The SMILES string of the molecule is NCC(=O)c1cc2c(-c3c(O)ccc4cc(C(=O)CN)oc34)c(N)c(O)cc2o1. The van der Waals surface area contributed by atoms with E-state index in [1.807, 2.05) is 0 Å². The molecule has 8 N–H and O–H groups in total. The normalized spacial score (nSPS) is 11.4. The lowest BCUT2D eigenvalue weighted by Crippen LogP contribution is -2.12. The van der Waals surface area contributed by atoms with Crippen molar-refractivity contribution in [2.24, 2.45) is 11.5 Å². The standard InChI is InChI=1S/C20H17N3O6/c21-6-12(26)15-3-8-1-2-10(24)18(20(8)29-15)17-9-4-16(13(27)7-22)28-14(9)5-11(25)19(17)23/h1-5,24-25H,6-7,21-23H2. The number of benzene rings is 2. The smallest absolute Gasteiger partial charge is 0.211 e. The van der Waals surface area contributed by atoms with E-state index in [4.69, 9.17) is 26.0 Å². The molecule has 2 heterocycles. The molecule has 0 aliphatic rings. The zero-order valence-electron chi connectivity index (χ0n) is 15.1. The van der Waals surface area contributed by atoms with Crippen LogP contribution in [-0.2, 0) is 0 Å². The Bertz CT molecular complexity index is 1300. The Labute approximate surface area is 163 Å². The van der Waals surface area contributed by atoms with Crippen LogP contribution in [0.2, 0.25) is 0 Å². The average molecular weight is 395 g/mol. The Hall–Kier alpha value is -3.82. The second-order valence-corrected chi connectivity index (χ2v) is 6.45. The first kappa shape index (κ1) is 18.5. The predicted octanol–water partition coefficient (Wildman–Crippen LogP) is 2.12. The first-order valence-corrected chi connectivity index (χ1v) is 8.63. The number of ketones is 2. The van der Waals surface area contributed by atoms with Gasteiger partial charge in [0.15, 0.2) is 11.5 Å². The minimum absolute atomic E-state index is 0.0149. The number of furan rings is 2. The zero-order chi connectivity index (χ0) is 20.9. The van der Waals surface area contributed by atoms with Gasteiger partial charge in [-0.1, -0.05) is 0 Å². The van der Waals surface area contributed by atoms with Crippen molar-refractivity contribution < 1.29 is 28.6 Å². The summed E-state index contributed by atoms with van der Waals surface area (Å²) >= 11 is 0. The molecule has 0 saturated heterocycles. The third kappa shape index (κ3) is 2.80. The van der Waals surface area contributed by atoms with Crippen molar-refractivity contribution in [1.82, 2.24) is 0 Å². The number of hydrogen-bond donors (Lipinski definition) is 5. The van der Waals surface area contributed by atoms with Crippen LogP contribution in [0, 0.1) is 0 Å². The van der Waals surface area contributed by atoms with E-state index in [9.17, 15) is 19.8 Å². The molecule has 2 aromatic heterocycles. The molecule has 148 valence electrons. The summed E-state index contributed by atoms with van der Waals surface area (Å²) in [5.41, 5.74) is 17.5. The van der Waals surface area contributed by atoms with Crippen LogP contribution >= 0.6 is 0 Å². The van der Waals surface area contributed by atoms with Crippen molar-refractivity contribution in [3.63, 3.8) is 0 Å². The third-order valence-corrected chi connectivity index (χ3v) is 4.68. The van der Waals surface area contributed by atoms with E-state index >= 15 is 0 Å². The Morgan fingerprint density at radius 3 is 2.17 bits per heavy atom. The molecule has 9 heteroatoms. The number of Topliss-reactive ketones (excluding diaryl/α,β-unsaturated/α-hetero) is 2. The van der Waals surface area contributed by atoms with E-state index in [-0.39, 0.29) is 64.1 Å². The number of rotatable bonds is 5. The van der Waals surface area contributed by atoms with Crippen LogP contribution in [0.3, 0.4) is 0 Å². The van der Waals surface area contributed by atoms with Crippen molar-refractivity contribution in [1.29, 1.82) is 0 Å². The number of phenolic OH excluding ortho intramolecular Hbond substituents is 2. The van der Waals surface area contributed by atoms with E-state index in [0.717, 1.165) is 0 Å². The highest BCUT2D eigenvalue weighted by Gasteiger charge is 2.24. The van der Waals surface area contributed by atoms with Crippen LogP contribution < -0.4 is 17.2 Å². The Morgan fingerprint density at radius 1 is 0.862 bits per heavy atom. The number of nitrogens with two attached hydrogens (primary N) is 3. The maximum atomic E-state index is 12.0. The van der Waals surface area contributed by atoms with Gasteiger partial charge in [-0.15, -0.1) is 0 Å². The lowest BCUT2D eigenvalue weighted by atomic mass is 9.96. The van der Waals surface area contributed by atoms with Gasteiger partial charge in [0.05, 0.1) is 24.3 Å². The summed E-state index contributed by atoms with van der Waals surface area (Å²) in [7, 11) is 0. The van der Waals surface area contributed by atoms with Gasteiger partial charge in [-0.2, -0.15) is 0 Å². The molecule has 4 rings (SSSR count). The van der Waals surface area contributed by atoms with Gasteiger partial charge in [0.2, 0.25) is 11.6 Å². The largest absolute Gasteiger partial charge is 0.507 e. The topological polar surface area (TPSA) is 179 Å². The molecule has 29 heavy (non-hydrogen) atoms. The number of hydrogen-bond acceptors (Lipinski definition) is 9. The minimum atomic E-state index is -0.443. The molecule has 0 radical (unpaired) electrons. The molecule has 0 unspecified atom stereocenters. The molecule has 0 saturated carbocycles. The van der Waals surface area contributed by atoms with Crippen LogP contribution in [0.4, 0.5) is 5.69 Å². The van der Waals surface area contributed by atoms with E-state index in [1.165, 1.54) is 24.3 Å². The van der Waals surface area contributed by atoms with Gasteiger partial charge in [0.25, 0.3) is 0 Å². The molecular formula is C20H17N3O6. The number of carbonyl (C=O) groups excluding carboxylic acids is 2. The molecule has 0 amide bonds. The lowest BCUT2D eigenvalue weighted by Gasteiger charge is -2.11. The number of carbonyl (C=O) groups is 2. The summed E-state index contributed by atoms with van der Waals surface area (Å²) in [6.07, 6.45) is 0. The van der Waals surface area contributed by atoms with Crippen LogP contribution in [-0.4, -0.2) is 34.9 Å². The highest BCUT2D eigenvalue weighted by molar-refractivity contribution is 6.13. The molecule has 0 bridgehead atoms. The van der Waals surface area contributed by atoms with Crippen molar-refractivity contribution in [2.75, 3.05) is 18.8 Å². The molecule has 2 aromatic carbocycles. The van der Waals surface area contributed by atoms with E-state index in [1.54, 1.807) is 6.07 Å². The molecule has 4 aromatic rings. The predicted molar refractivity (Wildman–Crippen MR) is 106 cm³/mol. The van der Waals surface area contributed by atoms with Gasteiger partial charge in [0, 0.05) is 22.4 Å². The number of nitrogen functional groups attached to an aromatic ring is 1. The highest BCUT2D eigenvalue weighted by Crippen LogP contribution is 2.47. The summed E-state index contributed by atoms with van der Waals surface area (Å²) in [6, 6.07) is 7.18. The van der Waals surface area contributed by atoms with Gasteiger partial charge in [0.1, 0.15) is 22.7 Å². The molecular weight excluding hydrogens is 378 g/mol. The number of anilines is 1. The van der Waals surface area contributed by atoms with Crippen molar-refractivity contribution in [3.05, 3.63) is 41.9 Å². The highest BCUT2D eigenvalue weighted by atomic mass is 16.4. The maximum absolute atomic E-state index is 12.0. The first-order chi connectivity index (χ1) is 13.8. The molecule has 0 atom stereocenters.